The Labute approximate surface area is 237 Å². The molecule has 0 heterocycles. The molecule has 0 aliphatic heterocycles. The first-order chi connectivity index (χ1) is 18.8. The van der Waals surface area contributed by atoms with Gasteiger partial charge in [-0.2, -0.15) is 0 Å². The first-order valence-corrected chi connectivity index (χ1v) is 13.4. The summed E-state index contributed by atoms with van der Waals surface area (Å²) in [6.07, 6.45) is 0.904. The molecule has 3 aromatic carbocycles. The monoisotopic (exact) mass is 598 g/mol. The molecule has 1 atom stereocenters. The molecule has 2 N–H and O–H groups in total. The van der Waals surface area contributed by atoms with E-state index in [1.807, 2.05) is 49.4 Å². The number of benzene rings is 3. The van der Waals surface area contributed by atoms with Gasteiger partial charge in [0, 0.05) is 29.7 Å². The number of carbonyl (C=O) groups excluding carboxylic acids is 3. The van der Waals surface area contributed by atoms with Crippen LogP contribution in [0.2, 0.25) is 0 Å². The van der Waals surface area contributed by atoms with Gasteiger partial charge in [-0.1, -0.05) is 40.2 Å². The number of nitrogens with zero attached hydrogens (tertiary/aromatic N) is 2. The number of rotatable bonds is 14. The molecule has 0 saturated heterocycles. The third kappa shape index (κ3) is 7.78. The predicted octanol–water partition coefficient (Wildman–Crippen LogP) is 3.87. The van der Waals surface area contributed by atoms with E-state index in [2.05, 4.69) is 26.6 Å². The van der Waals surface area contributed by atoms with E-state index in [1.54, 1.807) is 36.1 Å². The summed E-state index contributed by atoms with van der Waals surface area (Å²) < 4.78 is 11.7. The highest BCUT2D eigenvalue weighted by Gasteiger charge is 2.24. The first kappa shape index (κ1) is 30.1. The molecule has 3 rings (SSSR count). The molecule has 0 saturated carbocycles. The number of hydrogen-bond donors (Lipinski definition) is 2. The highest BCUT2D eigenvalue weighted by Crippen LogP contribution is 2.35. The molecule has 0 spiro atoms. The van der Waals surface area contributed by atoms with Gasteiger partial charge >= 0.3 is 0 Å². The molecule has 3 aromatic rings. The van der Waals surface area contributed by atoms with Crippen LogP contribution in [0.15, 0.2) is 59.1 Å². The van der Waals surface area contributed by atoms with Crippen molar-refractivity contribution in [3.63, 3.8) is 0 Å². The van der Waals surface area contributed by atoms with Gasteiger partial charge in [0.2, 0.25) is 18.2 Å². The number of fused-ring (bicyclic) bond motifs is 1. The van der Waals surface area contributed by atoms with Crippen LogP contribution in [0.1, 0.15) is 18.9 Å². The van der Waals surface area contributed by atoms with Crippen LogP contribution < -0.4 is 25.2 Å². The van der Waals surface area contributed by atoms with E-state index < -0.39 is 0 Å². The van der Waals surface area contributed by atoms with Gasteiger partial charge in [0.25, 0.3) is 0 Å². The van der Waals surface area contributed by atoms with Crippen molar-refractivity contribution < 1.29 is 23.9 Å². The average Bonchev–Trinajstić information content (AvgIpc) is 2.93. The van der Waals surface area contributed by atoms with Crippen LogP contribution in [0.4, 0.5) is 11.4 Å². The lowest BCUT2D eigenvalue weighted by Gasteiger charge is -2.31. The zero-order chi connectivity index (χ0) is 28.4. The molecule has 0 aromatic heterocycles. The summed E-state index contributed by atoms with van der Waals surface area (Å²) >= 11 is 3.52. The molecule has 0 radical (unpaired) electrons. The van der Waals surface area contributed by atoms with Gasteiger partial charge in [0.15, 0.2) is 0 Å². The third-order valence-electron chi connectivity index (χ3n) is 6.23. The fraction of sp³-hybridized carbons (Fsp3) is 0.345. The van der Waals surface area contributed by atoms with Crippen LogP contribution in [0.5, 0.6) is 5.75 Å². The minimum absolute atomic E-state index is 0.148. The van der Waals surface area contributed by atoms with Crippen LogP contribution in [0, 0.1) is 0 Å². The van der Waals surface area contributed by atoms with E-state index in [-0.39, 0.29) is 50.5 Å². The topological polar surface area (TPSA) is 100 Å². The molecule has 3 amide bonds. The number of anilines is 2. The number of ether oxygens (including phenoxy) is 2. The number of para-hydroxylation sites is 2. The van der Waals surface area contributed by atoms with E-state index in [1.165, 1.54) is 7.11 Å². The zero-order valence-electron chi connectivity index (χ0n) is 22.7. The number of hydrogen-bond acceptors (Lipinski definition) is 6. The number of nitrogens with one attached hydrogen (secondary N) is 2. The van der Waals surface area contributed by atoms with Crippen LogP contribution in [0.25, 0.3) is 10.8 Å². The number of carbonyl (C=O) groups is 3. The van der Waals surface area contributed by atoms with Crippen LogP contribution in [-0.2, 0) is 25.7 Å². The lowest BCUT2D eigenvalue weighted by molar-refractivity contribution is -0.122. The van der Waals surface area contributed by atoms with Crippen molar-refractivity contribution in [1.29, 1.82) is 0 Å². The van der Waals surface area contributed by atoms with Crippen molar-refractivity contribution in [2.75, 3.05) is 50.8 Å². The van der Waals surface area contributed by atoms with Gasteiger partial charge in [0.05, 0.1) is 44.6 Å². The van der Waals surface area contributed by atoms with Gasteiger partial charge in [-0.25, -0.2) is 0 Å². The van der Waals surface area contributed by atoms with Crippen LogP contribution >= 0.6 is 15.9 Å². The van der Waals surface area contributed by atoms with Crippen molar-refractivity contribution in [2.24, 2.45) is 0 Å². The summed E-state index contributed by atoms with van der Waals surface area (Å²) in [6, 6.07) is 16.7. The highest BCUT2D eigenvalue weighted by molar-refractivity contribution is 9.10. The molecular weight excluding hydrogens is 564 g/mol. The molecule has 39 heavy (non-hydrogen) atoms. The Morgan fingerprint density at radius 2 is 1.82 bits per heavy atom. The van der Waals surface area contributed by atoms with Gasteiger partial charge < -0.3 is 29.9 Å². The molecule has 0 fully saturated rings. The fourth-order valence-electron chi connectivity index (χ4n) is 4.45. The summed E-state index contributed by atoms with van der Waals surface area (Å²) in [6.45, 7) is 2.69. The van der Waals surface area contributed by atoms with E-state index in [4.69, 9.17) is 9.47 Å². The Kier molecular flexibility index (Phi) is 11.3. The van der Waals surface area contributed by atoms with Crippen molar-refractivity contribution in [1.82, 2.24) is 10.6 Å². The molecule has 0 bridgehead atoms. The fourth-order valence-corrected chi connectivity index (χ4v) is 4.83. The Morgan fingerprint density at radius 3 is 2.49 bits per heavy atom. The van der Waals surface area contributed by atoms with E-state index in [0.29, 0.717) is 17.1 Å². The Morgan fingerprint density at radius 1 is 1.08 bits per heavy atom. The summed E-state index contributed by atoms with van der Waals surface area (Å²) in [5.41, 5.74) is 1.96. The molecule has 1 unspecified atom stereocenters. The normalized spacial score (nSPS) is 11.6. The molecule has 0 aliphatic rings. The predicted molar refractivity (Wildman–Crippen MR) is 157 cm³/mol. The van der Waals surface area contributed by atoms with E-state index in [9.17, 15) is 14.4 Å². The smallest absolute Gasteiger partial charge is 0.234 e. The Bertz CT molecular complexity index is 1300. The zero-order valence-corrected chi connectivity index (χ0v) is 24.3. The maximum Gasteiger partial charge on any atom is 0.234 e. The number of methoxy groups -OCH3 is 2. The Balaban J connectivity index is 2.02. The molecular formula is C29H35BrN4O5. The average molecular weight is 600 g/mol. The van der Waals surface area contributed by atoms with Crippen molar-refractivity contribution in [3.05, 3.63) is 64.6 Å². The third-order valence-corrected chi connectivity index (χ3v) is 6.72. The second-order valence-corrected chi connectivity index (χ2v) is 10.00. The quantitative estimate of drug-likeness (QED) is 0.273. The van der Waals surface area contributed by atoms with Crippen molar-refractivity contribution in [2.45, 2.75) is 25.9 Å². The lowest BCUT2D eigenvalue weighted by atomic mass is 10.0. The summed E-state index contributed by atoms with van der Waals surface area (Å²) in [5, 5.41) is 7.68. The molecule has 10 heteroatoms. The number of likely N-dealkylation sites (N-methyl/N-ethyl adjacent to an activating group) is 1. The lowest BCUT2D eigenvalue weighted by Crippen LogP contribution is -2.47. The Hall–Kier alpha value is -3.47. The molecule has 208 valence electrons. The van der Waals surface area contributed by atoms with Crippen molar-refractivity contribution >= 4 is 56.3 Å². The number of amides is 3. The standard InChI is InChI=1S/C29H35BrN4O5/c1-20(32-28(36)16-31-2)17-34(29(37)13-14-38-3)26-8-6-5-7-25(26)33(19-35)18-24-23-11-10-22(30)15-21(23)9-12-27(24)39-4/h5-12,15,19-20,31H,13-14,16-18H2,1-4H3,(H,32,36). The maximum atomic E-state index is 13.4. The SMILES string of the molecule is CNCC(=O)NC(C)CN(C(=O)CCOC)c1ccccc1N(C=O)Cc1c(OC)ccc2cc(Br)ccc12. The van der Waals surface area contributed by atoms with Gasteiger partial charge in [0.1, 0.15) is 5.75 Å². The summed E-state index contributed by atoms with van der Waals surface area (Å²) in [5.74, 6) is 0.298. The van der Waals surface area contributed by atoms with Crippen molar-refractivity contribution in [3.8, 4) is 5.75 Å². The summed E-state index contributed by atoms with van der Waals surface area (Å²) in [4.78, 5) is 41.2. The van der Waals surface area contributed by atoms with E-state index >= 15 is 0 Å². The second kappa shape index (κ2) is 14.6. The van der Waals surface area contributed by atoms with E-state index in [0.717, 1.165) is 27.2 Å². The maximum absolute atomic E-state index is 13.4. The minimum atomic E-state index is -0.341. The highest BCUT2D eigenvalue weighted by atomic mass is 79.9. The number of halogens is 1. The summed E-state index contributed by atoms with van der Waals surface area (Å²) in [7, 11) is 4.83. The van der Waals surface area contributed by atoms with Gasteiger partial charge in [-0.05, 0) is 55.1 Å². The first-order valence-electron chi connectivity index (χ1n) is 12.6. The van der Waals surface area contributed by atoms with Gasteiger partial charge in [-0.15, -0.1) is 0 Å². The second-order valence-electron chi connectivity index (χ2n) is 9.08. The van der Waals surface area contributed by atoms with Gasteiger partial charge in [-0.3, -0.25) is 14.4 Å². The minimum Gasteiger partial charge on any atom is -0.496 e. The molecule has 0 aliphatic carbocycles. The van der Waals surface area contributed by atoms with Crippen LogP contribution in [0.3, 0.4) is 0 Å². The molecule has 9 nitrogen and oxygen atoms in total. The largest absolute Gasteiger partial charge is 0.496 e. The van der Waals surface area contributed by atoms with Crippen LogP contribution in [-0.4, -0.2) is 65.2 Å².